The number of hydrogen-bond donors (Lipinski definition) is 1. The predicted octanol–water partition coefficient (Wildman–Crippen LogP) is 0.439. The molecule has 0 spiro atoms. The van der Waals surface area contributed by atoms with Crippen molar-refractivity contribution in [3.8, 4) is 11.8 Å². The molecule has 7 heteroatoms. The average molecular weight is 346 g/mol. The number of nitriles is 1. The van der Waals surface area contributed by atoms with Crippen LogP contribution in [0.15, 0.2) is 54.6 Å². The molecular weight excluding hydrogens is 326 g/mol. The second kappa shape index (κ2) is 7.33. The molecule has 7 nitrogen and oxygen atoms in total. The number of nitrogens with zero attached hydrogens (tertiary/aromatic N) is 6. The summed E-state index contributed by atoms with van der Waals surface area (Å²) in [4.78, 5) is 3.78. The fourth-order valence-electron chi connectivity index (χ4n) is 3.30. The third-order valence-electron chi connectivity index (χ3n) is 4.74. The van der Waals surface area contributed by atoms with E-state index in [0.29, 0.717) is 5.56 Å². The maximum atomic E-state index is 8.90. The number of anilines is 1. The van der Waals surface area contributed by atoms with Gasteiger partial charge in [-0.25, -0.2) is 0 Å². The Morgan fingerprint density at radius 3 is 2.42 bits per heavy atom. The Hall–Kier alpha value is -3.24. The van der Waals surface area contributed by atoms with Crippen molar-refractivity contribution in [3.05, 3.63) is 65.7 Å². The Kier molecular flexibility index (Phi) is 4.58. The van der Waals surface area contributed by atoms with Gasteiger partial charge in [0.2, 0.25) is 0 Å². The van der Waals surface area contributed by atoms with Gasteiger partial charge in [-0.05, 0) is 34.7 Å². The van der Waals surface area contributed by atoms with Gasteiger partial charge in [0, 0.05) is 5.56 Å². The zero-order valence-corrected chi connectivity index (χ0v) is 14.4. The average Bonchev–Trinajstić information content (AvgIpc) is 3.20. The summed E-state index contributed by atoms with van der Waals surface area (Å²) in [6.07, 6.45) is 0. The second-order valence-corrected chi connectivity index (χ2v) is 6.45. The maximum Gasteiger partial charge on any atom is 0.250 e. The summed E-state index contributed by atoms with van der Waals surface area (Å²) in [6.45, 7) is 4.87. The maximum absolute atomic E-state index is 8.90. The van der Waals surface area contributed by atoms with Crippen LogP contribution < -0.4 is 9.80 Å². The lowest BCUT2D eigenvalue weighted by Gasteiger charge is -2.32. The Balaban J connectivity index is 1.40. The third-order valence-corrected chi connectivity index (χ3v) is 4.74. The topological polar surface area (TPSA) is 75.1 Å². The Bertz CT molecular complexity index is 888. The Labute approximate surface area is 152 Å². The summed E-state index contributed by atoms with van der Waals surface area (Å²) >= 11 is 0. The molecule has 4 rings (SSSR count). The molecule has 1 aromatic heterocycles. The quantitative estimate of drug-likeness (QED) is 0.742. The molecule has 2 aromatic carbocycles. The first-order valence-electron chi connectivity index (χ1n) is 8.75. The standard InChI is InChI=1S/C19H19N7/c20-14-16-6-8-17(9-7-16)15-24-10-12-25(13-11-24)19-21-22-23-26(19)18-4-2-1-3-5-18/h1-9H,10-13,15H2/p+1. The van der Waals surface area contributed by atoms with E-state index in [0.717, 1.165) is 44.4 Å². The zero-order valence-electron chi connectivity index (χ0n) is 14.4. The van der Waals surface area contributed by atoms with E-state index < -0.39 is 0 Å². The van der Waals surface area contributed by atoms with Crippen molar-refractivity contribution in [2.24, 2.45) is 0 Å². The Morgan fingerprint density at radius 1 is 1.00 bits per heavy atom. The van der Waals surface area contributed by atoms with Gasteiger partial charge in [0.05, 0.1) is 43.5 Å². The molecule has 130 valence electrons. The van der Waals surface area contributed by atoms with E-state index in [2.05, 4.69) is 26.5 Å². The molecule has 3 aromatic rings. The van der Waals surface area contributed by atoms with Crippen LogP contribution >= 0.6 is 0 Å². The van der Waals surface area contributed by atoms with E-state index >= 15 is 0 Å². The van der Waals surface area contributed by atoms with Crippen LogP contribution in [-0.4, -0.2) is 46.4 Å². The Morgan fingerprint density at radius 2 is 1.73 bits per heavy atom. The van der Waals surface area contributed by atoms with Crippen molar-refractivity contribution >= 4 is 5.95 Å². The van der Waals surface area contributed by atoms with Gasteiger partial charge >= 0.3 is 0 Å². The van der Waals surface area contributed by atoms with Crippen LogP contribution in [0.25, 0.3) is 5.69 Å². The van der Waals surface area contributed by atoms with Gasteiger partial charge in [0.25, 0.3) is 5.95 Å². The molecule has 0 aliphatic carbocycles. The van der Waals surface area contributed by atoms with Crippen molar-refractivity contribution in [1.82, 2.24) is 20.2 Å². The highest BCUT2D eigenvalue weighted by molar-refractivity contribution is 5.40. The van der Waals surface area contributed by atoms with E-state index in [1.165, 1.54) is 10.5 Å². The second-order valence-electron chi connectivity index (χ2n) is 6.45. The van der Waals surface area contributed by atoms with Crippen LogP contribution in [0.3, 0.4) is 0 Å². The van der Waals surface area contributed by atoms with Crippen LogP contribution in [0.2, 0.25) is 0 Å². The van der Waals surface area contributed by atoms with Crippen LogP contribution in [0.1, 0.15) is 11.1 Å². The summed E-state index contributed by atoms with van der Waals surface area (Å²) in [5.74, 6) is 0.800. The number of rotatable bonds is 4. The third kappa shape index (κ3) is 3.41. The lowest BCUT2D eigenvalue weighted by atomic mass is 10.1. The van der Waals surface area contributed by atoms with E-state index in [4.69, 9.17) is 5.26 Å². The van der Waals surface area contributed by atoms with E-state index in [9.17, 15) is 0 Å². The molecule has 1 fully saturated rings. The first-order chi connectivity index (χ1) is 12.8. The monoisotopic (exact) mass is 346 g/mol. The number of hydrogen-bond acceptors (Lipinski definition) is 5. The molecule has 2 heterocycles. The first-order valence-corrected chi connectivity index (χ1v) is 8.75. The molecule has 26 heavy (non-hydrogen) atoms. The number of tetrazole rings is 1. The number of piperazine rings is 1. The molecule has 1 aliphatic rings. The molecule has 1 saturated heterocycles. The highest BCUT2D eigenvalue weighted by Gasteiger charge is 2.24. The van der Waals surface area contributed by atoms with Crippen molar-refractivity contribution in [2.75, 3.05) is 31.1 Å². The number of quaternary nitrogens is 1. The molecule has 1 N–H and O–H groups in total. The van der Waals surface area contributed by atoms with Crippen molar-refractivity contribution in [2.45, 2.75) is 6.54 Å². The molecule has 0 amide bonds. The minimum absolute atomic E-state index is 0.710. The summed E-state index contributed by atoms with van der Waals surface area (Å²) in [6, 6.07) is 20.0. The van der Waals surface area contributed by atoms with Crippen molar-refractivity contribution < 1.29 is 4.90 Å². The summed E-state index contributed by atoms with van der Waals surface area (Å²) in [5, 5.41) is 21.1. The lowest BCUT2D eigenvalue weighted by Crippen LogP contribution is -3.13. The largest absolute Gasteiger partial charge is 0.328 e. The highest BCUT2D eigenvalue weighted by atomic mass is 15.6. The summed E-state index contributed by atoms with van der Waals surface area (Å²) in [5.41, 5.74) is 2.95. The fourth-order valence-corrected chi connectivity index (χ4v) is 3.30. The van der Waals surface area contributed by atoms with E-state index in [1.807, 2.05) is 54.6 Å². The minimum Gasteiger partial charge on any atom is -0.328 e. The lowest BCUT2D eigenvalue weighted by molar-refractivity contribution is -0.914. The molecule has 1 aliphatic heterocycles. The molecule has 0 saturated carbocycles. The van der Waals surface area contributed by atoms with Gasteiger partial charge in [0.15, 0.2) is 0 Å². The predicted molar refractivity (Wildman–Crippen MR) is 96.9 cm³/mol. The van der Waals surface area contributed by atoms with Gasteiger partial charge in [0.1, 0.15) is 6.54 Å². The smallest absolute Gasteiger partial charge is 0.250 e. The van der Waals surface area contributed by atoms with E-state index in [1.54, 1.807) is 4.68 Å². The molecule has 0 bridgehead atoms. The van der Waals surface area contributed by atoms with E-state index in [-0.39, 0.29) is 0 Å². The summed E-state index contributed by atoms with van der Waals surface area (Å²) < 4.78 is 1.80. The van der Waals surface area contributed by atoms with Gasteiger partial charge in [-0.15, -0.1) is 0 Å². The SMILES string of the molecule is N#Cc1ccc(C[NH+]2CCN(c3nnnn3-c3ccccc3)CC2)cc1. The van der Waals surface area contributed by atoms with Crippen LogP contribution in [0.5, 0.6) is 0 Å². The van der Waals surface area contributed by atoms with Gasteiger partial charge in [-0.3, -0.25) is 0 Å². The molecule has 0 atom stereocenters. The van der Waals surface area contributed by atoms with Crippen LogP contribution in [0.4, 0.5) is 5.95 Å². The van der Waals surface area contributed by atoms with Crippen LogP contribution in [-0.2, 0) is 6.54 Å². The first kappa shape index (κ1) is 16.2. The zero-order chi connectivity index (χ0) is 17.8. The van der Waals surface area contributed by atoms with Crippen LogP contribution in [0, 0.1) is 11.3 Å². The highest BCUT2D eigenvalue weighted by Crippen LogP contribution is 2.15. The van der Waals surface area contributed by atoms with Gasteiger partial charge < -0.3 is 9.80 Å². The summed E-state index contributed by atoms with van der Waals surface area (Å²) in [7, 11) is 0. The molecular formula is C19H20N7+. The van der Waals surface area contributed by atoms with Crippen molar-refractivity contribution in [1.29, 1.82) is 5.26 Å². The number of para-hydroxylation sites is 1. The van der Waals surface area contributed by atoms with Crippen molar-refractivity contribution in [3.63, 3.8) is 0 Å². The molecule has 0 radical (unpaired) electrons. The minimum atomic E-state index is 0.710. The number of benzene rings is 2. The molecule has 0 unspecified atom stereocenters. The number of nitrogens with one attached hydrogen (secondary N) is 1. The normalized spacial score (nSPS) is 15.0. The van der Waals surface area contributed by atoms with Gasteiger partial charge in [-0.1, -0.05) is 35.4 Å². The fraction of sp³-hybridized carbons (Fsp3) is 0.263. The van der Waals surface area contributed by atoms with Gasteiger partial charge in [-0.2, -0.15) is 9.94 Å². The number of aromatic nitrogens is 4.